The number of benzene rings is 1. The summed E-state index contributed by atoms with van der Waals surface area (Å²) in [6.07, 6.45) is -4.84. The first-order valence-electron chi connectivity index (χ1n) is 5.68. The predicted octanol–water partition coefficient (Wildman–Crippen LogP) is 2.23. The lowest BCUT2D eigenvalue weighted by Gasteiger charge is -2.12. The van der Waals surface area contributed by atoms with Crippen molar-refractivity contribution in [2.45, 2.75) is 6.18 Å². The number of hydrogen-bond donors (Lipinski definition) is 2. The molecule has 1 rings (SSSR count). The lowest BCUT2D eigenvalue weighted by molar-refractivity contribution is -0.384. The van der Waals surface area contributed by atoms with Crippen LogP contribution in [0.3, 0.4) is 0 Å². The fraction of sp³-hybridized carbons (Fsp3) is 0.400. The van der Waals surface area contributed by atoms with Gasteiger partial charge in [-0.05, 0) is 13.1 Å². The van der Waals surface area contributed by atoms with Crippen molar-refractivity contribution in [1.29, 1.82) is 0 Å². The van der Waals surface area contributed by atoms with Gasteiger partial charge in [-0.1, -0.05) is 11.6 Å². The van der Waals surface area contributed by atoms with Gasteiger partial charge in [-0.3, -0.25) is 10.1 Å². The van der Waals surface area contributed by atoms with Gasteiger partial charge in [0.1, 0.15) is 5.69 Å². The van der Waals surface area contributed by atoms with Gasteiger partial charge in [0.25, 0.3) is 5.69 Å². The Bertz CT molecular complexity index is 679. The van der Waals surface area contributed by atoms with Gasteiger partial charge in [0.15, 0.2) is 0 Å². The second-order valence-electron chi connectivity index (χ2n) is 4.05. The largest absolute Gasteiger partial charge is 0.418 e. The van der Waals surface area contributed by atoms with Gasteiger partial charge in [-0.25, -0.2) is 13.1 Å². The number of sulfonamides is 1. The first-order valence-corrected chi connectivity index (χ1v) is 7.71. The number of rotatable bonds is 6. The van der Waals surface area contributed by atoms with Crippen LogP contribution in [0.25, 0.3) is 0 Å². The van der Waals surface area contributed by atoms with Gasteiger partial charge in [-0.2, -0.15) is 13.2 Å². The Morgan fingerprint density at radius 1 is 1.36 bits per heavy atom. The molecule has 0 atom stereocenters. The zero-order valence-corrected chi connectivity index (χ0v) is 12.6. The zero-order chi connectivity index (χ0) is 17.1. The van der Waals surface area contributed by atoms with E-state index in [0.29, 0.717) is 6.07 Å². The molecule has 0 saturated carbocycles. The Balaban J connectivity index is 3.10. The van der Waals surface area contributed by atoms with Gasteiger partial charge in [0.2, 0.25) is 10.0 Å². The molecule has 22 heavy (non-hydrogen) atoms. The maximum absolute atomic E-state index is 12.7. The van der Waals surface area contributed by atoms with Gasteiger partial charge in [-0.15, -0.1) is 0 Å². The highest BCUT2D eigenvalue weighted by Gasteiger charge is 2.36. The molecule has 0 aliphatic rings. The first-order chi connectivity index (χ1) is 9.98. The molecule has 0 aromatic heterocycles. The van der Waals surface area contributed by atoms with Crippen molar-refractivity contribution in [3.8, 4) is 0 Å². The summed E-state index contributed by atoms with van der Waals surface area (Å²) in [5, 5.41) is 12.5. The maximum atomic E-state index is 12.7. The van der Waals surface area contributed by atoms with Crippen molar-refractivity contribution < 1.29 is 26.5 Å². The number of nitro benzene ring substituents is 1. The van der Waals surface area contributed by atoms with E-state index in [1.165, 1.54) is 7.05 Å². The molecule has 1 aromatic rings. The Hall–Kier alpha value is -1.59. The topological polar surface area (TPSA) is 101 Å². The van der Waals surface area contributed by atoms with Crippen molar-refractivity contribution in [2.75, 3.05) is 24.7 Å². The van der Waals surface area contributed by atoms with Crippen LogP contribution >= 0.6 is 11.6 Å². The summed E-state index contributed by atoms with van der Waals surface area (Å²) < 4.78 is 62.4. The summed E-state index contributed by atoms with van der Waals surface area (Å²) in [6, 6.07) is 1.05. The smallest absolute Gasteiger partial charge is 0.378 e. The molecule has 1 aromatic carbocycles. The SMILES string of the molecule is CNS(=O)(=O)CCNc1cc(Cl)c(C(F)(F)F)cc1[N+](=O)[O-]. The number of nitro groups is 1. The third-order valence-electron chi connectivity index (χ3n) is 2.58. The van der Waals surface area contributed by atoms with E-state index >= 15 is 0 Å². The van der Waals surface area contributed by atoms with E-state index in [-0.39, 0.29) is 12.2 Å². The van der Waals surface area contributed by atoms with Crippen molar-refractivity contribution in [3.05, 3.63) is 32.8 Å². The maximum Gasteiger partial charge on any atom is 0.418 e. The van der Waals surface area contributed by atoms with Crippen molar-refractivity contribution in [2.24, 2.45) is 0 Å². The Morgan fingerprint density at radius 3 is 2.41 bits per heavy atom. The van der Waals surface area contributed by atoms with Crippen LogP contribution in [0.1, 0.15) is 5.56 Å². The van der Waals surface area contributed by atoms with Gasteiger partial charge in [0, 0.05) is 12.6 Å². The molecule has 2 N–H and O–H groups in total. The van der Waals surface area contributed by atoms with E-state index in [0.717, 1.165) is 6.07 Å². The third kappa shape index (κ3) is 4.71. The van der Waals surface area contributed by atoms with Crippen LogP contribution in [-0.4, -0.2) is 32.7 Å². The van der Waals surface area contributed by atoms with Crippen LogP contribution in [0.5, 0.6) is 0 Å². The molecule has 0 aliphatic heterocycles. The highest BCUT2D eigenvalue weighted by Crippen LogP contribution is 2.40. The average Bonchev–Trinajstić information content (AvgIpc) is 2.36. The number of alkyl halides is 3. The lowest BCUT2D eigenvalue weighted by Crippen LogP contribution is -2.26. The Labute approximate surface area is 128 Å². The van der Waals surface area contributed by atoms with Crippen LogP contribution in [0.4, 0.5) is 24.5 Å². The highest BCUT2D eigenvalue weighted by atomic mass is 35.5. The fourth-order valence-electron chi connectivity index (χ4n) is 1.49. The molecule has 0 aliphatic carbocycles. The van der Waals surface area contributed by atoms with E-state index in [9.17, 15) is 31.7 Å². The minimum atomic E-state index is -4.84. The first kappa shape index (κ1) is 18.5. The van der Waals surface area contributed by atoms with Crippen LogP contribution < -0.4 is 10.0 Å². The molecule has 12 heteroatoms. The van der Waals surface area contributed by atoms with Crippen LogP contribution in [-0.2, 0) is 16.2 Å². The molecule has 0 radical (unpaired) electrons. The number of nitrogens with zero attached hydrogens (tertiary/aromatic N) is 1. The van der Waals surface area contributed by atoms with Crippen LogP contribution in [0, 0.1) is 10.1 Å². The van der Waals surface area contributed by atoms with Crippen LogP contribution in [0.2, 0.25) is 5.02 Å². The standard InChI is InChI=1S/C10H11ClF3N3O4S/c1-15-22(20,21)3-2-16-8-5-7(11)6(10(12,13)14)4-9(8)17(18)19/h4-5,15-16H,2-3H2,1H3. The zero-order valence-electron chi connectivity index (χ0n) is 11.1. The molecule has 0 heterocycles. The van der Waals surface area contributed by atoms with E-state index in [1.807, 2.05) is 4.72 Å². The Morgan fingerprint density at radius 2 is 1.95 bits per heavy atom. The highest BCUT2D eigenvalue weighted by molar-refractivity contribution is 7.89. The van der Waals surface area contributed by atoms with Crippen LogP contribution in [0.15, 0.2) is 12.1 Å². The second kappa shape index (κ2) is 6.67. The summed E-state index contributed by atoms with van der Waals surface area (Å²) in [4.78, 5) is 9.84. The number of halogens is 4. The average molecular weight is 362 g/mol. The Kier molecular flexibility index (Phi) is 5.59. The fourth-order valence-corrected chi connectivity index (χ4v) is 2.34. The number of nitrogens with one attached hydrogen (secondary N) is 2. The van der Waals surface area contributed by atoms with Crippen molar-refractivity contribution in [3.63, 3.8) is 0 Å². The van der Waals surface area contributed by atoms with Gasteiger partial charge >= 0.3 is 6.18 Å². The summed E-state index contributed by atoms with van der Waals surface area (Å²) in [7, 11) is -2.37. The minimum Gasteiger partial charge on any atom is -0.378 e. The van der Waals surface area contributed by atoms with E-state index in [4.69, 9.17) is 11.6 Å². The molecular weight excluding hydrogens is 351 g/mol. The monoisotopic (exact) mass is 361 g/mol. The normalized spacial score (nSPS) is 12.2. The second-order valence-corrected chi connectivity index (χ2v) is 6.51. The van der Waals surface area contributed by atoms with E-state index in [2.05, 4.69) is 5.32 Å². The van der Waals surface area contributed by atoms with Crippen molar-refractivity contribution >= 4 is 33.0 Å². The third-order valence-corrected chi connectivity index (χ3v) is 4.26. The van der Waals surface area contributed by atoms with Gasteiger partial charge in [0.05, 0.1) is 21.3 Å². The summed E-state index contributed by atoms with van der Waals surface area (Å²) in [6.45, 7) is -0.244. The summed E-state index contributed by atoms with van der Waals surface area (Å²) in [5.74, 6) is -0.417. The summed E-state index contributed by atoms with van der Waals surface area (Å²) in [5.41, 5.74) is -2.48. The minimum absolute atomic E-state index is 0.244. The van der Waals surface area contributed by atoms with E-state index < -0.39 is 43.1 Å². The predicted molar refractivity (Wildman–Crippen MR) is 74.4 cm³/mol. The molecule has 0 bridgehead atoms. The number of anilines is 1. The quantitative estimate of drug-likeness (QED) is 0.597. The van der Waals surface area contributed by atoms with E-state index in [1.54, 1.807) is 0 Å². The van der Waals surface area contributed by atoms with Crippen molar-refractivity contribution in [1.82, 2.24) is 4.72 Å². The molecule has 7 nitrogen and oxygen atoms in total. The molecule has 0 spiro atoms. The lowest BCUT2D eigenvalue weighted by atomic mass is 10.1. The molecule has 0 fully saturated rings. The molecular formula is C10H11ClF3N3O4S. The molecule has 0 unspecified atom stereocenters. The molecule has 0 amide bonds. The van der Waals surface area contributed by atoms with Gasteiger partial charge < -0.3 is 5.32 Å². The summed E-state index contributed by atoms with van der Waals surface area (Å²) >= 11 is 5.47. The number of hydrogen-bond acceptors (Lipinski definition) is 5. The molecule has 0 saturated heterocycles. The molecule has 124 valence electrons.